The zero-order valence-corrected chi connectivity index (χ0v) is 15.7. The van der Waals surface area contributed by atoms with Crippen molar-refractivity contribution in [1.82, 2.24) is 4.31 Å². The van der Waals surface area contributed by atoms with Gasteiger partial charge in [-0.25, -0.2) is 12.7 Å². The van der Waals surface area contributed by atoms with E-state index in [2.05, 4.69) is 22.0 Å². The van der Waals surface area contributed by atoms with E-state index in [0.717, 1.165) is 35.0 Å². The Labute approximate surface area is 145 Å². The van der Waals surface area contributed by atoms with Crippen molar-refractivity contribution in [3.63, 3.8) is 0 Å². The molecule has 2 atom stereocenters. The lowest BCUT2D eigenvalue weighted by Crippen LogP contribution is -2.48. The molecule has 7 heteroatoms. The van der Waals surface area contributed by atoms with Crippen LogP contribution in [0.15, 0.2) is 22.7 Å². The summed E-state index contributed by atoms with van der Waals surface area (Å²) in [4.78, 5) is 14.9. The summed E-state index contributed by atoms with van der Waals surface area (Å²) < 4.78 is 26.0. The van der Waals surface area contributed by atoms with Gasteiger partial charge in [0.05, 0.1) is 12.2 Å². The summed E-state index contributed by atoms with van der Waals surface area (Å²) in [6.45, 7) is 2.86. The fraction of sp³-hybridized carbons (Fsp3) is 0.562. The lowest BCUT2D eigenvalue weighted by Gasteiger charge is -2.34. The molecule has 0 bridgehead atoms. The number of amides is 1. The van der Waals surface area contributed by atoms with Crippen LogP contribution in [0.25, 0.3) is 0 Å². The van der Waals surface area contributed by atoms with Gasteiger partial charge >= 0.3 is 0 Å². The number of benzene rings is 1. The van der Waals surface area contributed by atoms with Crippen molar-refractivity contribution in [3.8, 4) is 0 Å². The van der Waals surface area contributed by atoms with Crippen molar-refractivity contribution in [3.05, 3.63) is 28.2 Å². The van der Waals surface area contributed by atoms with Gasteiger partial charge in [-0.05, 0) is 49.9 Å². The second kappa shape index (κ2) is 6.18. The van der Waals surface area contributed by atoms with Crippen LogP contribution in [0, 0.1) is 5.92 Å². The van der Waals surface area contributed by atoms with Crippen LogP contribution >= 0.6 is 15.9 Å². The van der Waals surface area contributed by atoms with E-state index in [1.807, 2.05) is 24.0 Å². The summed E-state index contributed by atoms with van der Waals surface area (Å²) in [5.41, 5.74) is 2.12. The van der Waals surface area contributed by atoms with Gasteiger partial charge in [0.25, 0.3) is 0 Å². The molecule has 0 unspecified atom stereocenters. The molecule has 2 heterocycles. The minimum absolute atomic E-state index is 0.0481. The lowest BCUT2D eigenvalue weighted by molar-refractivity contribution is -0.123. The molecule has 1 fully saturated rings. The summed E-state index contributed by atoms with van der Waals surface area (Å²) in [7, 11) is -3.24. The first-order chi connectivity index (χ1) is 10.8. The van der Waals surface area contributed by atoms with Gasteiger partial charge in [-0.1, -0.05) is 15.9 Å². The van der Waals surface area contributed by atoms with Gasteiger partial charge < -0.3 is 4.90 Å². The van der Waals surface area contributed by atoms with Crippen LogP contribution in [0.3, 0.4) is 0 Å². The predicted octanol–water partition coefficient (Wildman–Crippen LogP) is 2.40. The Balaban J connectivity index is 1.84. The topological polar surface area (TPSA) is 57.7 Å². The third-order valence-electron chi connectivity index (χ3n) is 4.70. The molecule has 0 saturated carbocycles. The van der Waals surface area contributed by atoms with E-state index in [-0.39, 0.29) is 17.9 Å². The monoisotopic (exact) mass is 400 g/mol. The Kier molecular flexibility index (Phi) is 4.55. The minimum atomic E-state index is -3.24. The standard InChI is InChI=1S/C16H21BrN2O3S/c1-11-8-13-9-14(17)5-6-15(13)19(11)16(20)12-4-3-7-18(10-12)23(2,21)22/h5-6,9,11-12H,3-4,7-8,10H2,1-2H3/t11-,12+/m1/s1. The van der Waals surface area contributed by atoms with Crippen LogP contribution in [0.2, 0.25) is 0 Å². The average molecular weight is 401 g/mol. The van der Waals surface area contributed by atoms with E-state index in [1.165, 1.54) is 10.6 Å². The molecule has 1 saturated heterocycles. The maximum atomic E-state index is 13.0. The van der Waals surface area contributed by atoms with Crippen molar-refractivity contribution < 1.29 is 13.2 Å². The zero-order valence-electron chi connectivity index (χ0n) is 13.3. The van der Waals surface area contributed by atoms with Crippen molar-refractivity contribution in [2.24, 2.45) is 5.92 Å². The van der Waals surface area contributed by atoms with E-state index in [0.29, 0.717) is 13.1 Å². The van der Waals surface area contributed by atoms with Crippen molar-refractivity contribution in [2.45, 2.75) is 32.2 Å². The quantitative estimate of drug-likeness (QED) is 0.765. The fourth-order valence-corrected chi connectivity index (χ4v) is 4.90. The van der Waals surface area contributed by atoms with Crippen LogP contribution in [0.4, 0.5) is 5.69 Å². The maximum absolute atomic E-state index is 13.0. The Morgan fingerprint density at radius 1 is 1.35 bits per heavy atom. The number of hydrogen-bond acceptors (Lipinski definition) is 3. The predicted molar refractivity (Wildman–Crippen MR) is 93.9 cm³/mol. The summed E-state index contributed by atoms with van der Waals surface area (Å²) in [6, 6.07) is 6.09. The zero-order chi connectivity index (χ0) is 16.8. The van der Waals surface area contributed by atoms with Crippen molar-refractivity contribution >= 4 is 37.5 Å². The molecule has 1 aromatic rings. The summed E-state index contributed by atoms with van der Waals surface area (Å²) in [6.07, 6.45) is 3.53. The van der Waals surface area contributed by atoms with Crippen molar-refractivity contribution in [1.29, 1.82) is 0 Å². The minimum Gasteiger partial charge on any atom is -0.309 e. The summed E-state index contributed by atoms with van der Waals surface area (Å²) in [5.74, 6) is -0.206. The molecule has 0 aliphatic carbocycles. The largest absolute Gasteiger partial charge is 0.309 e. The van der Waals surface area contributed by atoms with Gasteiger partial charge in [0.15, 0.2) is 0 Å². The smallest absolute Gasteiger partial charge is 0.231 e. The number of carbonyl (C=O) groups is 1. The van der Waals surface area contributed by atoms with Gasteiger partial charge in [-0.3, -0.25) is 4.79 Å². The SMILES string of the molecule is C[C@@H]1Cc2cc(Br)ccc2N1C(=O)[C@H]1CCCN(S(C)(=O)=O)C1. The summed E-state index contributed by atoms with van der Waals surface area (Å²) >= 11 is 3.47. The Morgan fingerprint density at radius 2 is 2.09 bits per heavy atom. The molecule has 2 aliphatic heterocycles. The number of sulfonamides is 1. The first-order valence-corrected chi connectivity index (χ1v) is 10.5. The molecule has 0 N–H and O–H groups in total. The molecular formula is C16H21BrN2O3S. The highest BCUT2D eigenvalue weighted by Gasteiger charge is 2.37. The molecular weight excluding hydrogens is 380 g/mol. The number of halogens is 1. The normalized spacial score (nSPS) is 25.4. The molecule has 126 valence electrons. The number of carbonyl (C=O) groups excluding carboxylic acids is 1. The Hall–Kier alpha value is -0.920. The first kappa shape index (κ1) is 16.9. The fourth-order valence-electron chi connectivity index (χ4n) is 3.58. The number of nitrogens with zero attached hydrogens (tertiary/aromatic N) is 2. The molecule has 3 rings (SSSR count). The Morgan fingerprint density at radius 3 is 2.78 bits per heavy atom. The summed E-state index contributed by atoms with van der Waals surface area (Å²) in [5, 5.41) is 0. The Bertz CT molecular complexity index is 735. The lowest BCUT2D eigenvalue weighted by atomic mass is 9.97. The van der Waals surface area contributed by atoms with Gasteiger partial charge in [0.2, 0.25) is 15.9 Å². The maximum Gasteiger partial charge on any atom is 0.231 e. The van der Waals surface area contributed by atoms with E-state index < -0.39 is 10.0 Å². The van der Waals surface area contributed by atoms with Gasteiger partial charge in [-0.15, -0.1) is 0 Å². The van der Waals surface area contributed by atoms with Crippen LogP contribution in [0.5, 0.6) is 0 Å². The second-order valence-corrected chi connectivity index (χ2v) is 9.39. The van der Waals surface area contributed by atoms with Crippen LogP contribution < -0.4 is 4.90 Å². The highest BCUT2D eigenvalue weighted by molar-refractivity contribution is 9.10. The number of piperidine rings is 1. The van der Waals surface area contributed by atoms with Crippen LogP contribution in [-0.2, 0) is 21.2 Å². The molecule has 0 aromatic heterocycles. The first-order valence-electron chi connectivity index (χ1n) is 7.84. The molecule has 23 heavy (non-hydrogen) atoms. The third kappa shape index (κ3) is 3.32. The average Bonchev–Trinajstić information content (AvgIpc) is 2.80. The number of anilines is 1. The molecule has 1 aromatic carbocycles. The van der Waals surface area contributed by atoms with Gasteiger partial charge in [0, 0.05) is 29.3 Å². The van der Waals surface area contributed by atoms with E-state index in [4.69, 9.17) is 0 Å². The van der Waals surface area contributed by atoms with Gasteiger partial charge in [-0.2, -0.15) is 0 Å². The van der Waals surface area contributed by atoms with E-state index in [9.17, 15) is 13.2 Å². The highest BCUT2D eigenvalue weighted by Crippen LogP contribution is 2.36. The van der Waals surface area contributed by atoms with E-state index in [1.54, 1.807) is 0 Å². The van der Waals surface area contributed by atoms with Gasteiger partial charge in [0.1, 0.15) is 0 Å². The third-order valence-corrected chi connectivity index (χ3v) is 6.46. The van der Waals surface area contributed by atoms with Crippen LogP contribution in [-0.4, -0.2) is 44.0 Å². The number of fused-ring (bicyclic) bond motifs is 1. The van der Waals surface area contributed by atoms with Crippen molar-refractivity contribution in [2.75, 3.05) is 24.2 Å². The molecule has 0 radical (unpaired) electrons. The molecule has 1 amide bonds. The number of hydrogen-bond donors (Lipinski definition) is 0. The highest BCUT2D eigenvalue weighted by atomic mass is 79.9. The molecule has 0 spiro atoms. The van der Waals surface area contributed by atoms with Crippen LogP contribution in [0.1, 0.15) is 25.3 Å². The van der Waals surface area contributed by atoms with E-state index >= 15 is 0 Å². The second-order valence-electron chi connectivity index (χ2n) is 6.49. The molecule has 5 nitrogen and oxygen atoms in total. The number of rotatable bonds is 2. The molecule has 2 aliphatic rings.